The van der Waals surface area contributed by atoms with Crippen molar-refractivity contribution in [2.45, 2.75) is 6.42 Å². The van der Waals surface area contributed by atoms with Crippen molar-refractivity contribution >= 4 is 5.97 Å². The van der Waals surface area contributed by atoms with Gasteiger partial charge in [0.1, 0.15) is 0 Å². The summed E-state index contributed by atoms with van der Waals surface area (Å²) in [5, 5.41) is 8.73. The molecule has 4 nitrogen and oxygen atoms in total. The van der Waals surface area contributed by atoms with Gasteiger partial charge in [0.25, 0.3) is 0 Å². The van der Waals surface area contributed by atoms with Crippen LogP contribution in [0, 0.1) is 0 Å². The maximum atomic E-state index is 10.6. The van der Waals surface area contributed by atoms with Gasteiger partial charge in [-0.25, -0.2) is 4.98 Å². The lowest BCUT2D eigenvalue weighted by atomic mass is 10.1. The van der Waals surface area contributed by atoms with Gasteiger partial charge < -0.3 is 9.67 Å². The number of imidazole rings is 1. The second-order valence-corrected chi connectivity index (χ2v) is 3.66. The molecule has 1 heterocycles. The highest BCUT2D eigenvalue weighted by Gasteiger charge is 2.05. The quantitative estimate of drug-likeness (QED) is 0.849. The van der Waals surface area contributed by atoms with E-state index in [1.807, 2.05) is 35.9 Å². The molecule has 0 aliphatic carbocycles. The van der Waals surface area contributed by atoms with Crippen LogP contribution in [0.25, 0.3) is 11.3 Å². The Kier molecular flexibility index (Phi) is 2.72. The van der Waals surface area contributed by atoms with E-state index in [1.165, 1.54) is 0 Å². The molecular weight excluding hydrogens is 204 g/mol. The first-order valence-electron chi connectivity index (χ1n) is 4.94. The predicted octanol–water partition coefficient (Wildman–Crippen LogP) is 1.71. The lowest BCUT2D eigenvalue weighted by molar-refractivity contribution is -0.136. The van der Waals surface area contributed by atoms with Crippen LogP contribution in [0.3, 0.4) is 0 Å². The Hall–Kier alpha value is -2.10. The first-order chi connectivity index (χ1) is 7.66. The summed E-state index contributed by atoms with van der Waals surface area (Å²) >= 11 is 0. The molecule has 0 unspecified atom stereocenters. The van der Waals surface area contributed by atoms with E-state index in [1.54, 1.807) is 12.5 Å². The first kappa shape index (κ1) is 10.4. The summed E-state index contributed by atoms with van der Waals surface area (Å²) in [5.41, 5.74) is 2.76. The van der Waals surface area contributed by atoms with E-state index in [0.717, 1.165) is 16.8 Å². The third-order valence-electron chi connectivity index (χ3n) is 2.39. The van der Waals surface area contributed by atoms with Crippen LogP contribution in [0.15, 0.2) is 36.8 Å². The maximum absolute atomic E-state index is 10.6. The molecule has 1 aromatic heterocycles. The number of benzene rings is 1. The Morgan fingerprint density at radius 2 is 2.31 bits per heavy atom. The van der Waals surface area contributed by atoms with Crippen molar-refractivity contribution in [1.29, 1.82) is 0 Å². The Morgan fingerprint density at radius 1 is 1.50 bits per heavy atom. The molecule has 16 heavy (non-hydrogen) atoms. The maximum Gasteiger partial charge on any atom is 0.307 e. The lowest BCUT2D eigenvalue weighted by Gasteiger charge is -2.04. The number of aromatic nitrogens is 2. The number of carboxylic acids is 1. The molecule has 2 rings (SSSR count). The summed E-state index contributed by atoms with van der Waals surface area (Å²) in [6.07, 6.45) is 3.53. The number of aliphatic carboxylic acids is 1. The second-order valence-electron chi connectivity index (χ2n) is 3.66. The molecule has 0 bridgehead atoms. The minimum absolute atomic E-state index is 0.0473. The molecule has 0 amide bonds. The number of carbonyl (C=O) groups is 1. The van der Waals surface area contributed by atoms with Gasteiger partial charge in [-0.3, -0.25) is 4.79 Å². The average Bonchev–Trinajstić information content (AvgIpc) is 2.64. The number of hydrogen-bond acceptors (Lipinski definition) is 2. The standard InChI is InChI=1S/C12H12N2O2/c1-14-8-13-7-11(14)10-4-2-3-9(5-10)6-12(15)16/h2-5,7-8H,6H2,1H3,(H,15,16). The van der Waals surface area contributed by atoms with Crippen LogP contribution < -0.4 is 0 Å². The molecule has 0 fully saturated rings. The van der Waals surface area contributed by atoms with Gasteiger partial charge in [0, 0.05) is 12.6 Å². The fraction of sp³-hybridized carbons (Fsp3) is 0.167. The fourth-order valence-electron chi connectivity index (χ4n) is 1.65. The minimum atomic E-state index is -0.817. The Labute approximate surface area is 93.2 Å². The van der Waals surface area contributed by atoms with Gasteiger partial charge in [-0.1, -0.05) is 18.2 Å². The highest BCUT2D eigenvalue weighted by Crippen LogP contribution is 2.19. The van der Waals surface area contributed by atoms with Crippen LogP contribution in [0.1, 0.15) is 5.56 Å². The number of carboxylic acid groups (broad SMARTS) is 1. The lowest BCUT2D eigenvalue weighted by Crippen LogP contribution is -2.00. The molecule has 0 saturated heterocycles. The summed E-state index contributed by atoms with van der Waals surface area (Å²) in [5.74, 6) is -0.817. The molecule has 82 valence electrons. The van der Waals surface area contributed by atoms with Crippen molar-refractivity contribution < 1.29 is 9.90 Å². The van der Waals surface area contributed by atoms with Gasteiger partial charge in [0.2, 0.25) is 0 Å². The zero-order valence-electron chi connectivity index (χ0n) is 8.92. The van der Waals surface area contributed by atoms with Gasteiger partial charge in [0.05, 0.1) is 24.6 Å². The SMILES string of the molecule is Cn1cncc1-c1cccc(CC(=O)O)c1. The van der Waals surface area contributed by atoms with Gasteiger partial charge in [-0.15, -0.1) is 0 Å². The molecular formula is C12H12N2O2. The largest absolute Gasteiger partial charge is 0.481 e. The number of rotatable bonds is 3. The number of nitrogens with zero attached hydrogens (tertiary/aromatic N) is 2. The van der Waals surface area contributed by atoms with Gasteiger partial charge in [-0.2, -0.15) is 0 Å². The Bertz CT molecular complexity index is 517. The van der Waals surface area contributed by atoms with Crippen molar-refractivity contribution in [1.82, 2.24) is 9.55 Å². The first-order valence-corrected chi connectivity index (χ1v) is 4.94. The molecule has 0 atom stereocenters. The van der Waals surface area contributed by atoms with Crippen molar-refractivity contribution in [3.8, 4) is 11.3 Å². The summed E-state index contributed by atoms with van der Waals surface area (Å²) in [4.78, 5) is 14.7. The molecule has 2 aromatic rings. The van der Waals surface area contributed by atoms with E-state index >= 15 is 0 Å². The summed E-state index contributed by atoms with van der Waals surface area (Å²) in [6.45, 7) is 0. The Balaban J connectivity index is 2.36. The van der Waals surface area contributed by atoms with Crippen molar-refractivity contribution in [3.05, 3.63) is 42.4 Å². The van der Waals surface area contributed by atoms with Crippen molar-refractivity contribution in [3.63, 3.8) is 0 Å². The highest BCUT2D eigenvalue weighted by molar-refractivity contribution is 5.71. The van der Waals surface area contributed by atoms with E-state index in [9.17, 15) is 4.79 Å². The molecule has 0 saturated carbocycles. The molecule has 1 N–H and O–H groups in total. The van der Waals surface area contributed by atoms with Crippen LogP contribution in [-0.4, -0.2) is 20.6 Å². The van der Waals surface area contributed by atoms with Gasteiger partial charge in [0.15, 0.2) is 0 Å². The second kappa shape index (κ2) is 4.18. The van der Waals surface area contributed by atoms with Crippen LogP contribution in [0.5, 0.6) is 0 Å². The smallest absolute Gasteiger partial charge is 0.307 e. The molecule has 1 aromatic carbocycles. The van der Waals surface area contributed by atoms with Crippen LogP contribution in [0.2, 0.25) is 0 Å². The average molecular weight is 216 g/mol. The number of hydrogen-bond donors (Lipinski definition) is 1. The van der Waals surface area contributed by atoms with Crippen molar-refractivity contribution in [2.24, 2.45) is 7.05 Å². The van der Waals surface area contributed by atoms with Crippen LogP contribution in [-0.2, 0) is 18.3 Å². The Morgan fingerprint density at radius 3 is 2.94 bits per heavy atom. The van der Waals surface area contributed by atoms with Gasteiger partial charge >= 0.3 is 5.97 Å². The van der Waals surface area contributed by atoms with E-state index in [-0.39, 0.29) is 6.42 Å². The zero-order chi connectivity index (χ0) is 11.5. The third-order valence-corrected chi connectivity index (χ3v) is 2.39. The molecule has 0 aliphatic heterocycles. The van der Waals surface area contributed by atoms with E-state index in [4.69, 9.17) is 5.11 Å². The fourth-order valence-corrected chi connectivity index (χ4v) is 1.65. The molecule has 0 spiro atoms. The number of aryl methyl sites for hydroxylation is 1. The van der Waals surface area contributed by atoms with Gasteiger partial charge in [-0.05, 0) is 11.6 Å². The van der Waals surface area contributed by atoms with E-state index in [0.29, 0.717) is 0 Å². The summed E-state index contributed by atoms with van der Waals surface area (Å²) in [7, 11) is 1.91. The summed E-state index contributed by atoms with van der Waals surface area (Å²) < 4.78 is 1.90. The monoisotopic (exact) mass is 216 g/mol. The van der Waals surface area contributed by atoms with E-state index < -0.39 is 5.97 Å². The van der Waals surface area contributed by atoms with Crippen LogP contribution >= 0.6 is 0 Å². The topological polar surface area (TPSA) is 55.1 Å². The molecule has 0 aliphatic rings. The highest BCUT2D eigenvalue weighted by atomic mass is 16.4. The van der Waals surface area contributed by atoms with Crippen molar-refractivity contribution in [2.75, 3.05) is 0 Å². The zero-order valence-corrected chi connectivity index (χ0v) is 8.92. The van der Waals surface area contributed by atoms with Crippen LogP contribution in [0.4, 0.5) is 0 Å². The summed E-state index contributed by atoms with van der Waals surface area (Å²) in [6, 6.07) is 7.50. The van der Waals surface area contributed by atoms with E-state index in [2.05, 4.69) is 4.98 Å². The molecule has 0 radical (unpaired) electrons. The third kappa shape index (κ3) is 2.11. The normalized spacial score (nSPS) is 10.3. The predicted molar refractivity (Wildman–Crippen MR) is 60.0 cm³/mol. The minimum Gasteiger partial charge on any atom is -0.481 e. The molecule has 4 heteroatoms.